The largest absolute Gasteiger partial charge is 0.392 e. The molecule has 0 spiro atoms. The van der Waals surface area contributed by atoms with E-state index in [9.17, 15) is 8.42 Å². The highest BCUT2D eigenvalue weighted by Crippen LogP contribution is 2.23. The van der Waals surface area contributed by atoms with Crippen molar-refractivity contribution in [2.24, 2.45) is 0 Å². The molecule has 0 aliphatic carbocycles. The van der Waals surface area contributed by atoms with E-state index in [1.165, 1.54) is 23.5 Å². The molecule has 0 amide bonds. The van der Waals surface area contributed by atoms with Gasteiger partial charge < -0.3 is 5.11 Å². The van der Waals surface area contributed by atoms with Crippen molar-refractivity contribution in [1.82, 2.24) is 4.31 Å². The first-order valence-corrected chi connectivity index (χ1v) is 7.06. The van der Waals surface area contributed by atoms with E-state index >= 15 is 0 Å². The van der Waals surface area contributed by atoms with E-state index in [-0.39, 0.29) is 18.0 Å². The highest BCUT2D eigenvalue weighted by atomic mass is 32.2. The van der Waals surface area contributed by atoms with Gasteiger partial charge in [-0.15, -0.1) is 6.58 Å². The van der Waals surface area contributed by atoms with E-state index < -0.39 is 10.0 Å². The highest BCUT2D eigenvalue weighted by Gasteiger charge is 2.23. The number of benzene rings is 1. The lowest BCUT2D eigenvalue weighted by molar-refractivity contribution is 0.281. The lowest BCUT2D eigenvalue weighted by Gasteiger charge is -2.18. The summed E-state index contributed by atoms with van der Waals surface area (Å²) in [5.41, 5.74) is 2.17. The first-order valence-electron chi connectivity index (χ1n) is 5.62. The van der Waals surface area contributed by atoms with Crippen LogP contribution >= 0.6 is 0 Å². The fraction of sp³-hybridized carbons (Fsp3) is 0.385. The van der Waals surface area contributed by atoms with Crippen LogP contribution in [0.2, 0.25) is 0 Å². The molecule has 0 atom stereocenters. The van der Waals surface area contributed by atoms with E-state index in [1.807, 2.05) is 6.92 Å². The molecule has 1 aromatic rings. The molecule has 0 aromatic heterocycles. The number of sulfonamides is 1. The Morgan fingerprint density at radius 3 is 2.50 bits per heavy atom. The summed E-state index contributed by atoms with van der Waals surface area (Å²) in [5, 5.41) is 9.16. The predicted octanol–water partition coefficient (Wildman–Crippen LogP) is 1.60. The van der Waals surface area contributed by atoms with Crippen molar-refractivity contribution in [3.8, 4) is 0 Å². The third-order valence-corrected chi connectivity index (χ3v) is 4.89. The van der Waals surface area contributed by atoms with Crippen LogP contribution in [0.5, 0.6) is 0 Å². The Balaban J connectivity index is 3.40. The Morgan fingerprint density at radius 2 is 2.00 bits per heavy atom. The lowest BCUT2D eigenvalue weighted by atomic mass is 10.1. The number of likely N-dealkylation sites (N-methyl/N-ethyl adjacent to an activating group) is 1. The molecular formula is C13H19NO3S. The van der Waals surface area contributed by atoms with Crippen LogP contribution in [-0.2, 0) is 16.6 Å². The zero-order valence-electron chi connectivity index (χ0n) is 11.0. The average Bonchev–Trinajstić information content (AvgIpc) is 2.32. The molecule has 1 rings (SSSR count). The van der Waals surface area contributed by atoms with E-state index in [2.05, 4.69) is 6.58 Å². The summed E-state index contributed by atoms with van der Waals surface area (Å²) in [4.78, 5) is 0.246. The van der Waals surface area contributed by atoms with Gasteiger partial charge in [0.25, 0.3) is 0 Å². The Hall–Kier alpha value is -1.17. The van der Waals surface area contributed by atoms with Gasteiger partial charge in [-0.1, -0.05) is 12.1 Å². The summed E-state index contributed by atoms with van der Waals surface area (Å²) in [6.45, 7) is 7.22. The van der Waals surface area contributed by atoms with Gasteiger partial charge in [0.05, 0.1) is 11.5 Å². The van der Waals surface area contributed by atoms with Gasteiger partial charge in [-0.25, -0.2) is 8.42 Å². The van der Waals surface area contributed by atoms with Crippen molar-refractivity contribution in [3.63, 3.8) is 0 Å². The number of aliphatic hydroxyl groups is 1. The van der Waals surface area contributed by atoms with Crippen molar-refractivity contribution in [2.75, 3.05) is 13.6 Å². The molecule has 0 heterocycles. The number of rotatable bonds is 5. The van der Waals surface area contributed by atoms with E-state index in [4.69, 9.17) is 5.11 Å². The zero-order chi connectivity index (χ0) is 13.9. The topological polar surface area (TPSA) is 57.6 Å². The monoisotopic (exact) mass is 269 g/mol. The first-order chi connectivity index (χ1) is 8.34. The van der Waals surface area contributed by atoms with Crippen LogP contribution < -0.4 is 0 Å². The molecule has 1 N–H and O–H groups in total. The molecule has 0 saturated carbocycles. The molecule has 0 fully saturated rings. The summed E-state index contributed by atoms with van der Waals surface area (Å²) in [6.07, 6.45) is 1.54. The van der Waals surface area contributed by atoms with Gasteiger partial charge in [0.2, 0.25) is 10.0 Å². The van der Waals surface area contributed by atoms with Crippen LogP contribution in [0.4, 0.5) is 0 Å². The summed E-state index contributed by atoms with van der Waals surface area (Å²) >= 11 is 0. The van der Waals surface area contributed by atoms with Crippen LogP contribution in [-0.4, -0.2) is 31.4 Å². The lowest BCUT2D eigenvalue weighted by Crippen LogP contribution is -2.27. The van der Waals surface area contributed by atoms with Gasteiger partial charge in [-0.3, -0.25) is 0 Å². The normalized spacial score (nSPS) is 11.8. The Morgan fingerprint density at radius 1 is 1.39 bits per heavy atom. The van der Waals surface area contributed by atoms with Crippen molar-refractivity contribution >= 4 is 10.0 Å². The first kappa shape index (κ1) is 14.9. The fourth-order valence-electron chi connectivity index (χ4n) is 1.71. The molecule has 1 aromatic carbocycles. The molecule has 5 heteroatoms. The molecule has 0 saturated heterocycles. The zero-order valence-corrected chi connectivity index (χ0v) is 11.8. The number of aryl methyl sites for hydroxylation is 1. The fourth-order valence-corrected chi connectivity index (χ4v) is 3.19. The second-order valence-corrected chi connectivity index (χ2v) is 6.28. The Bertz CT molecular complexity index is 550. The molecule has 0 bridgehead atoms. The van der Waals surface area contributed by atoms with Crippen LogP contribution in [0.1, 0.15) is 16.7 Å². The van der Waals surface area contributed by atoms with Crippen LogP contribution in [0.15, 0.2) is 29.7 Å². The van der Waals surface area contributed by atoms with Gasteiger partial charge >= 0.3 is 0 Å². The quantitative estimate of drug-likeness (QED) is 0.826. The number of nitrogens with zero attached hydrogens (tertiary/aromatic N) is 1. The summed E-state index contributed by atoms with van der Waals surface area (Å²) in [7, 11) is -2.02. The van der Waals surface area contributed by atoms with Gasteiger partial charge in [-0.05, 0) is 36.6 Å². The highest BCUT2D eigenvalue weighted by molar-refractivity contribution is 7.89. The number of hydrogen-bond acceptors (Lipinski definition) is 3. The molecule has 0 unspecified atom stereocenters. The van der Waals surface area contributed by atoms with Gasteiger partial charge in [0, 0.05) is 13.6 Å². The van der Waals surface area contributed by atoms with E-state index in [1.54, 1.807) is 13.0 Å². The minimum absolute atomic E-state index is 0.172. The minimum Gasteiger partial charge on any atom is -0.392 e. The van der Waals surface area contributed by atoms with E-state index in [0.717, 1.165) is 5.56 Å². The molecule has 4 nitrogen and oxygen atoms in total. The summed E-state index contributed by atoms with van der Waals surface area (Å²) in [6, 6.07) is 3.32. The number of aliphatic hydroxyl groups excluding tert-OH is 1. The summed E-state index contributed by atoms with van der Waals surface area (Å²) < 4.78 is 26.0. The smallest absolute Gasteiger partial charge is 0.243 e. The molecule has 100 valence electrons. The Labute approximate surface area is 109 Å². The van der Waals surface area contributed by atoms with Crippen molar-refractivity contribution in [2.45, 2.75) is 25.3 Å². The maximum Gasteiger partial charge on any atom is 0.243 e. The third-order valence-electron chi connectivity index (χ3n) is 2.94. The SMILES string of the molecule is C=CCN(C)S(=O)(=O)c1cc(CO)cc(C)c1C. The second kappa shape index (κ2) is 5.65. The van der Waals surface area contributed by atoms with Gasteiger partial charge in [0.15, 0.2) is 0 Å². The standard InChI is InChI=1S/C13H19NO3S/c1-5-6-14(4)18(16,17)13-8-12(9-15)7-10(2)11(13)3/h5,7-8,15H,1,6,9H2,2-4H3. The van der Waals surface area contributed by atoms with Crippen LogP contribution in [0.25, 0.3) is 0 Å². The Kier molecular flexibility index (Phi) is 4.67. The molecule has 0 aliphatic heterocycles. The summed E-state index contributed by atoms with van der Waals surface area (Å²) in [5.74, 6) is 0. The van der Waals surface area contributed by atoms with Crippen molar-refractivity contribution < 1.29 is 13.5 Å². The molecular weight excluding hydrogens is 250 g/mol. The second-order valence-electron chi connectivity index (χ2n) is 4.27. The van der Waals surface area contributed by atoms with Crippen molar-refractivity contribution in [3.05, 3.63) is 41.5 Å². The average molecular weight is 269 g/mol. The predicted molar refractivity (Wildman–Crippen MR) is 71.9 cm³/mol. The maximum atomic E-state index is 12.4. The number of hydrogen-bond donors (Lipinski definition) is 1. The van der Waals surface area contributed by atoms with E-state index in [0.29, 0.717) is 11.1 Å². The van der Waals surface area contributed by atoms with Crippen molar-refractivity contribution in [1.29, 1.82) is 0 Å². The molecule has 0 aliphatic rings. The third kappa shape index (κ3) is 2.80. The molecule has 0 radical (unpaired) electrons. The van der Waals surface area contributed by atoms with Gasteiger partial charge in [0.1, 0.15) is 0 Å². The maximum absolute atomic E-state index is 12.4. The van der Waals surface area contributed by atoms with Crippen LogP contribution in [0, 0.1) is 13.8 Å². The van der Waals surface area contributed by atoms with Crippen LogP contribution in [0.3, 0.4) is 0 Å². The minimum atomic E-state index is -3.54. The van der Waals surface area contributed by atoms with Gasteiger partial charge in [-0.2, -0.15) is 4.31 Å². The molecule has 18 heavy (non-hydrogen) atoms.